The Labute approximate surface area is 90.7 Å². The Morgan fingerprint density at radius 3 is 2.75 bits per heavy atom. The second-order valence-electron chi connectivity index (χ2n) is 3.42. The van der Waals surface area contributed by atoms with E-state index in [1.807, 2.05) is 0 Å². The zero-order chi connectivity index (χ0) is 12.3. The van der Waals surface area contributed by atoms with Crippen molar-refractivity contribution in [1.29, 1.82) is 0 Å². The maximum absolute atomic E-state index is 10.9. The number of hydrogen-bond acceptors (Lipinski definition) is 5. The molecule has 1 rings (SSSR count). The highest BCUT2D eigenvalue weighted by Gasteiger charge is 2.45. The minimum absolute atomic E-state index is 1.06. The van der Waals surface area contributed by atoms with Crippen LogP contribution in [0.25, 0.3) is 0 Å². The topological polar surface area (TPSA) is 110 Å². The number of carbonyl (C=O) groups is 1. The molecule has 0 aromatic heterocycles. The van der Waals surface area contributed by atoms with E-state index in [1.54, 1.807) is 0 Å². The average molecular weight is 229 g/mol. The first kappa shape index (κ1) is 12.2. The van der Waals surface area contributed by atoms with Crippen molar-refractivity contribution in [2.75, 3.05) is 0 Å². The first-order chi connectivity index (χ1) is 7.38. The number of aliphatic carboxylic acids is 1. The maximum Gasteiger partial charge on any atom is 0.313 e. The number of aliphatic hydroxyl groups is 1. The third kappa shape index (κ3) is 2.19. The van der Waals surface area contributed by atoms with E-state index in [2.05, 4.69) is 4.84 Å². The van der Waals surface area contributed by atoms with Crippen LogP contribution in [0.3, 0.4) is 0 Å². The van der Waals surface area contributed by atoms with E-state index >= 15 is 0 Å². The van der Waals surface area contributed by atoms with Crippen LogP contribution < -0.4 is 0 Å². The summed E-state index contributed by atoms with van der Waals surface area (Å²) in [4.78, 5) is 25.2. The average Bonchev–Trinajstić information content (AvgIpc) is 2.16. The standard InChI is InChI=1S/C9H11NO6/c1-6(16-10(14)15)9(13)5-3-2-4-7(9)8(11)12/h2-7,13H,1H3,(H,11,12). The van der Waals surface area contributed by atoms with Crippen LogP contribution in [0.1, 0.15) is 6.92 Å². The maximum atomic E-state index is 10.9. The van der Waals surface area contributed by atoms with Crippen LogP contribution in [0.2, 0.25) is 0 Å². The van der Waals surface area contributed by atoms with Gasteiger partial charge in [-0.05, 0) is 13.0 Å². The van der Waals surface area contributed by atoms with Crippen molar-refractivity contribution < 1.29 is 24.9 Å². The van der Waals surface area contributed by atoms with Crippen LogP contribution >= 0.6 is 0 Å². The molecule has 0 fully saturated rings. The lowest BCUT2D eigenvalue weighted by Crippen LogP contribution is -2.50. The first-order valence-corrected chi connectivity index (χ1v) is 4.50. The molecular weight excluding hydrogens is 218 g/mol. The molecule has 0 saturated heterocycles. The fraction of sp³-hybridized carbons (Fsp3) is 0.444. The van der Waals surface area contributed by atoms with Crippen LogP contribution in [0.4, 0.5) is 0 Å². The van der Waals surface area contributed by atoms with Crippen molar-refractivity contribution in [3.63, 3.8) is 0 Å². The Hall–Kier alpha value is -1.89. The highest BCUT2D eigenvalue weighted by molar-refractivity contribution is 5.75. The van der Waals surface area contributed by atoms with Gasteiger partial charge in [-0.2, -0.15) is 0 Å². The second kappa shape index (κ2) is 4.31. The molecule has 0 radical (unpaired) electrons. The van der Waals surface area contributed by atoms with Gasteiger partial charge in [0.15, 0.2) is 0 Å². The molecule has 3 atom stereocenters. The molecule has 88 valence electrons. The summed E-state index contributed by atoms with van der Waals surface area (Å²) in [5.74, 6) is -2.55. The number of carboxylic acid groups (broad SMARTS) is 1. The molecule has 2 N–H and O–H groups in total. The highest BCUT2D eigenvalue weighted by Crippen LogP contribution is 2.30. The van der Waals surface area contributed by atoms with Gasteiger partial charge in [-0.25, -0.2) is 0 Å². The lowest BCUT2D eigenvalue weighted by atomic mass is 9.80. The van der Waals surface area contributed by atoms with Crippen molar-refractivity contribution in [3.8, 4) is 0 Å². The summed E-state index contributed by atoms with van der Waals surface area (Å²) in [7, 11) is 0. The van der Waals surface area contributed by atoms with Crippen molar-refractivity contribution in [3.05, 3.63) is 34.4 Å². The first-order valence-electron chi connectivity index (χ1n) is 4.50. The SMILES string of the molecule is CC(O[N+](=O)[O-])C1(O)C=CC=CC1C(=O)O. The molecule has 7 nitrogen and oxygen atoms in total. The van der Waals surface area contributed by atoms with Crippen LogP contribution in [-0.4, -0.2) is 33.0 Å². The van der Waals surface area contributed by atoms with E-state index in [1.165, 1.54) is 31.2 Å². The minimum atomic E-state index is -1.92. The van der Waals surface area contributed by atoms with E-state index in [9.17, 15) is 20.0 Å². The van der Waals surface area contributed by atoms with E-state index in [0.717, 1.165) is 0 Å². The van der Waals surface area contributed by atoms with E-state index in [4.69, 9.17) is 5.11 Å². The largest absolute Gasteiger partial charge is 0.481 e. The summed E-state index contributed by atoms with van der Waals surface area (Å²) in [6.07, 6.45) is 4.03. The molecule has 0 saturated carbocycles. The zero-order valence-corrected chi connectivity index (χ0v) is 8.44. The van der Waals surface area contributed by atoms with Gasteiger partial charge >= 0.3 is 5.97 Å². The van der Waals surface area contributed by atoms with E-state index in [-0.39, 0.29) is 0 Å². The van der Waals surface area contributed by atoms with E-state index in [0.29, 0.717) is 0 Å². The van der Waals surface area contributed by atoms with Gasteiger partial charge in [0.05, 0.1) is 0 Å². The summed E-state index contributed by atoms with van der Waals surface area (Å²) in [6, 6.07) is 0. The van der Waals surface area contributed by atoms with E-state index < -0.39 is 28.7 Å². The Morgan fingerprint density at radius 1 is 1.62 bits per heavy atom. The van der Waals surface area contributed by atoms with Crippen LogP contribution in [0, 0.1) is 16.0 Å². The van der Waals surface area contributed by atoms with Gasteiger partial charge in [0.25, 0.3) is 5.09 Å². The van der Waals surface area contributed by atoms with Gasteiger partial charge in [0.1, 0.15) is 17.6 Å². The van der Waals surface area contributed by atoms with Gasteiger partial charge in [0.2, 0.25) is 0 Å². The van der Waals surface area contributed by atoms with Gasteiger partial charge in [-0.15, -0.1) is 10.1 Å². The van der Waals surface area contributed by atoms with Crippen LogP contribution in [0.15, 0.2) is 24.3 Å². The predicted molar refractivity (Wildman–Crippen MR) is 51.9 cm³/mol. The minimum Gasteiger partial charge on any atom is -0.481 e. The van der Waals surface area contributed by atoms with Gasteiger partial charge in [-0.1, -0.05) is 18.2 Å². The normalized spacial score (nSPS) is 29.8. The van der Waals surface area contributed by atoms with Crippen LogP contribution in [-0.2, 0) is 9.63 Å². The molecule has 0 heterocycles. The van der Waals surface area contributed by atoms with Crippen LogP contribution in [0.5, 0.6) is 0 Å². The molecule has 16 heavy (non-hydrogen) atoms. The number of hydrogen-bond donors (Lipinski definition) is 2. The number of carboxylic acids is 1. The zero-order valence-electron chi connectivity index (χ0n) is 8.44. The second-order valence-corrected chi connectivity index (χ2v) is 3.42. The van der Waals surface area contributed by atoms with Crippen molar-refractivity contribution >= 4 is 5.97 Å². The lowest BCUT2D eigenvalue weighted by molar-refractivity contribution is -0.771. The predicted octanol–water partition coefficient (Wildman–Crippen LogP) is 0.141. The van der Waals surface area contributed by atoms with Gasteiger partial charge in [-0.3, -0.25) is 4.79 Å². The Balaban J connectivity index is 2.96. The molecule has 0 aromatic carbocycles. The van der Waals surface area contributed by atoms with Gasteiger partial charge < -0.3 is 15.1 Å². The summed E-state index contributed by atoms with van der Waals surface area (Å²) in [6.45, 7) is 1.24. The molecule has 0 spiro atoms. The molecule has 1 aliphatic carbocycles. The molecule has 0 aliphatic heterocycles. The molecular formula is C9H11NO6. The number of allylic oxidation sites excluding steroid dienone is 2. The molecule has 1 aliphatic rings. The molecule has 0 bridgehead atoms. The van der Waals surface area contributed by atoms with Crippen molar-refractivity contribution in [2.24, 2.45) is 5.92 Å². The van der Waals surface area contributed by atoms with Crippen molar-refractivity contribution in [2.45, 2.75) is 18.6 Å². The molecule has 0 aromatic rings. The number of nitrogens with zero attached hydrogens (tertiary/aromatic N) is 1. The summed E-state index contributed by atoms with van der Waals surface area (Å²) < 4.78 is 0. The molecule has 0 amide bonds. The quantitative estimate of drug-likeness (QED) is 0.524. The smallest absolute Gasteiger partial charge is 0.313 e. The molecule has 7 heteroatoms. The number of rotatable bonds is 4. The van der Waals surface area contributed by atoms with Crippen molar-refractivity contribution in [1.82, 2.24) is 0 Å². The summed E-state index contributed by atoms with van der Waals surface area (Å²) in [5, 5.41) is 28.0. The monoisotopic (exact) mass is 229 g/mol. The summed E-state index contributed by atoms with van der Waals surface area (Å²) >= 11 is 0. The molecule has 3 unspecified atom stereocenters. The third-order valence-corrected chi connectivity index (χ3v) is 2.44. The Kier molecular flexibility index (Phi) is 3.28. The van der Waals surface area contributed by atoms with Gasteiger partial charge in [0, 0.05) is 0 Å². The Bertz CT molecular complexity index is 363. The fourth-order valence-corrected chi connectivity index (χ4v) is 1.52. The highest BCUT2D eigenvalue weighted by atomic mass is 17.0. The fourth-order valence-electron chi connectivity index (χ4n) is 1.52. The third-order valence-electron chi connectivity index (χ3n) is 2.44. The lowest BCUT2D eigenvalue weighted by Gasteiger charge is -2.34. The summed E-state index contributed by atoms with van der Waals surface area (Å²) in [5.41, 5.74) is -1.92. The Morgan fingerprint density at radius 2 is 2.25 bits per heavy atom.